The van der Waals surface area contributed by atoms with Gasteiger partial charge >= 0.3 is 6.36 Å². The highest BCUT2D eigenvalue weighted by molar-refractivity contribution is 5.98. The van der Waals surface area contributed by atoms with Gasteiger partial charge in [-0.05, 0) is 23.8 Å². The van der Waals surface area contributed by atoms with Crippen LogP contribution in [0, 0.1) is 0 Å². The van der Waals surface area contributed by atoms with Crippen LogP contribution < -0.4 is 4.74 Å². The molecule has 112 valence electrons. The number of carbonyl (C=O) groups is 1. The van der Waals surface area contributed by atoms with Gasteiger partial charge in [0.15, 0.2) is 5.78 Å². The van der Waals surface area contributed by atoms with Gasteiger partial charge in [-0.3, -0.25) is 4.79 Å². The van der Waals surface area contributed by atoms with Gasteiger partial charge in [0.1, 0.15) is 11.5 Å². The van der Waals surface area contributed by atoms with Crippen molar-refractivity contribution in [2.45, 2.75) is 26.1 Å². The van der Waals surface area contributed by atoms with Crippen LogP contribution in [0.4, 0.5) is 13.2 Å². The first-order valence-corrected chi connectivity index (χ1v) is 6.33. The molecule has 0 spiro atoms. The zero-order valence-electron chi connectivity index (χ0n) is 11.2. The van der Waals surface area contributed by atoms with Crippen LogP contribution in [0.25, 0.3) is 0 Å². The largest absolute Gasteiger partial charge is 0.573 e. The van der Waals surface area contributed by atoms with Crippen LogP contribution in [0.1, 0.15) is 28.6 Å². The Kier molecular flexibility index (Phi) is 4.35. The van der Waals surface area contributed by atoms with Crippen LogP contribution in [-0.4, -0.2) is 12.1 Å². The molecule has 0 aliphatic rings. The molecule has 0 aliphatic heterocycles. The summed E-state index contributed by atoms with van der Waals surface area (Å²) in [6, 6.07) is 6.84. The number of benzene rings is 1. The molecule has 2 rings (SSSR count). The van der Waals surface area contributed by atoms with Gasteiger partial charge in [-0.15, -0.1) is 13.2 Å². The molecule has 21 heavy (non-hydrogen) atoms. The van der Waals surface area contributed by atoms with Gasteiger partial charge < -0.3 is 9.15 Å². The second-order valence-corrected chi connectivity index (χ2v) is 4.40. The number of Topliss-reactive ketones (excluding diaryl/α,β-unsaturated/α-hetero) is 1. The third kappa shape index (κ3) is 4.11. The topological polar surface area (TPSA) is 39.4 Å². The van der Waals surface area contributed by atoms with Crippen molar-refractivity contribution in [2.24, 2.45) is 0 Å². The molecule has 0 fully saturated rings. The fourth-order valence-electron chi connectivity index (χ4n) is 1.95. The zero-order valence-corrected chi connectivity index (χ0v) is 11.2. The molecule has 0 unspecified atom stereocenters. The minimum atomic E-state index is -4.72. The second kappa shape index (κ2) is 6.03. The Balaban J connectivity index is 2.05. The van der Waals surface area contributed by atoms with E-state index in [1.165, 1.54) is 30.5 Å². The maximum atomic E-state index is 12.1. The van der Waals surface area contributed by atoms with Gasteiger partial charge in [0.05, 0.1) is 11.8 Å². The number of carbonyl (C=O) groups excluding carboxylic acids is 1. The number of hydrogen-bond acceptors (Lipinski definition) is 3. The smallest absolute Gasteiger partial charge is 0.469 e. The number of alkyl halides is 3. The number of hydrogen-bond donors (Lipinski definition) is 0. The number of furan rings is 1. The third-order valence-corrected chi connectivity index (χ3v) is 2.89. The molecular formula is C15H13F3O3. The molecule has 1 aromatic heterocycles. The Hall–Kier alpha value is -2.24. The predicted octanol–water partition coefficient (Wildman–Crippen LogP) is 4.17. The highest BCUT2D eigenvalue weighted by Gasteiger charge is 2.30. The van der Waals surface area contributed by atoms with E-state index in [0.717, 1.165) is 0 Å². The average Bonchev–Trinajstić information content (AvgIpc) is 2.87. The first-order chi connectivity index (χ1) is 9.89. The summed E-state index contributed by atoms with van der Waals surface area (Å²) >= 11 is 0. The molecule has 6 heteroatoms. The van der Waals surface area contributed by atoms with Crippen molar-refractivity contribution < 1.29 is 27.1 Å². The monoisotopic (exact) mass is 298 g/mol. The molecule has 1 aromatic carbocycles. The van der Waals surface area contributed by atoms with E-state index in [1.807, 2.05) is 6.92 Å². The lowest BCUT2D eigenvalue weighted by Gasteiger charge is -2.09. The van der Waals surface area contributed by atoms with Crippen LogP contribution in [0.5, 0.6) is 5.75 Å². The summed E-state index contributed by atoms with van der Waals surface area (Å²) < 4.78 is 45.1. The summed E-state index contributed by atoms with van der Waals surface area (Å²) in [5.41, 5.74) is 1.12. The van der Waals surface area contributed by atoms with E-state index in [1.54, 1.807) is 6.07 Å². The predicted molar refractivity (Wildman–Crippen MR) is 69.2 cm³/mol. The van der Waals surface area contributed by atoms with Gasteiger partial charge in [-0.1, -0.05) is 19.1 Å². The molecule has 0 amide bonds. The zero-order chi connectivity index (χ0) is 15.5. The first-order valence-electron chi connectivity index (χ1n) is 6.33. The molecule has 0 saturated carbocycles. The number of ether oxygens (including phenoxy) is 1. The Labute approximate surface area is 119 Å². The SMILES string of the molecule is CCc1occc1C(=O)Cc1ccc(OC(F)(F)F)cc1. The molecule has 3 nitrogen and oxygen atoms in total. The lowest BCUT2D eigenvalue weighted by atomic mass is 10.0. The number of rotatable bonds is 5. The molecule has 0 bridgehead atoms. The summed E-state index contributed by atoms with van der Waals surface area (Å²) in [4.78, 5) is 12.1. The molecule has 0 radical (unpaired) electrons. The molecule has 1 heterocycles. The Morgan fingerprint density at radius 2 is 1.86 bits per heavy atom. The van der Waals surface area contributed by atoms with Crippen LogP contribution in [-0.2, 0) is 12.8 Å². The quantitative estimate of drug-likeness (QED) is 0.778. The number of aryl methyl sites for hydroxylation is 1. The van der Waals surface area contributed by atoms with E-state index < -0.39 is 6.36 Å². The van der Waals surface area contributed by atoms with Gasteiger partial charge in [0.25, 0.3) is 0 Å². The summed E-state index contributed by atoms with van der Waals surface area (Å²) in [6.45, 7) is 1.87. The Bertz CT molecular complexity index is 612. The highest BCUT2D eigenvalue weighted by Crippen LogP contribution is 2.23. The third-order valence-electron chi connectivity index (χ3n) is 2.89. The van der Waals surface area contributed by atoms with E-state index in [-0.39, 0.29) is 18.0 Å². The van der Waals surface area contributed by atoms with E-state index >= 15 is 0 Å². The van der Waals surface area contributed by atoms with Crippen LogP contribution >= 0.6 is 0 Å². The van der Waals surface area contributed by atoms with Crippen molar-refractivity contribution in [3.05, 3.63) is 53.5 Å². The molecule has 2 aromatic rings. The standard InChI is InChI=1S/C15H13F3O3/c1-2-14-12(7-8-20-14)13(19)9-10-3-5-11(6-4-10)21-15(16,17)18/h3-8H,2,9H2,1H3. The number of halogens is 3. The average molecular weight is 298 g/mol. The molecular weight excluding hydrogens is 285 g/mol. The summed E-state index contributed by atoms with van der Waals surface area (Å²) in [6.07, 6.45) is -2.57. The fourth-order valence-corrected chi connectivity index (χ4v) is 1.95. The van der Waals surface area contributed by atoms with Gasteiger partial charge in [0.2, 0.25) is 0 Å². The minimum Gasteiger partial charge on any atom is -0.469 e. The summed E-state index contributed by atoms with van der Waals surface area (Å²) in [7, 11) is 0. The van der Waals surface area contributed by atoms with Crippen molar-refractivity contribution in [3.63, 3.8) is 0 Å². The fraction of sp³-hybridized carbons (Fsp3) is 0.267. The van der Waals surface area contributed by atoms with Crippen LogP contribution in [0.15, 0.2) is 41.0 Å². The van der Waals surface area contributed by atoms with Crippen LogP contribution in [0.2, 0.25) is 0 Å². The lowest BCUT2D eigenvalue weighted by molar-refractivity contribution is -0.274. The molecule has 0 saturated heterocycles. The second-order valence-electron chi connectivity index (χ2n) is 4.40. The van der Waals surface area contributed by atoms with Gasteiger partial charge in [0, 0.05) is 12.8 Å². The highest BCUT2D eigenvalue weighted by atomic mass is 19.4. The van der Waals surface area contributed by atoms with Crippen molar-refractivity contribution in [3.8, 4) is 5.75 Å². The Morgan fingerprint density at radius 3 is 2.43 bits per heavy atom. The molecule has 0 atom stereocenters. The number of ketones is 1. The van der Waals surface area contributed by atoms with Gasteiger partial charge in [-0.2, -0.15) is 0 Å². The van der Waals surface area contributed by atoms with E-state index in [9.17, 15) is 18.0 Å². The van der Waals surface area contributed by atoms with Crippen molar-refractivity contribution in [2.75, 3.05) is 0 Å². The van der Waals surface area contributed by atoms with E-state index in [4.69, 9.17) is 4.42 Å². The van der Waals surface area contributed by atoms with Crippen LogP contribution in [0.3, 0.4) is 0 Å². The van der Waals surface area contributed by atoms with Crippen molar-refractivity contribution in [1.82, 2.24) is 0 Å². The minimum absolute atomic E-state index is 0.0961. The Morgan fingerprint density at radius 1 is 1.19 bits per heavy atom. The molecule has 0 aliphatic carbocycles. The lowest BCUT2D eigenvalue weighted by Crippen LogP contribution is -2.17. The van der Waals surface area contributed by atoms with Gasteiger partial charge in [-0.25, -0.2) is 0 Å². The maximum absolute atomic E-state index is 12.1. The van der Waals surface area contributed by atoms with Crippen molar-refractivity contribution in [1.29, 1.82) is 0 Å². The summed E-state index contributed by atoms with van der Waals surface area (Å²) in [5.74, 6) is 0.165. The first kappa shape index (κ1) is 15.2. The maximum Gasteiger partial charge on any atom is 0.573 e. The molecule has 0 N–H and O–H groups in total. The normalized spacial score (nSPS) is 11.4. The summed E-state index contributed by atoms with van der Waals surface area (Å²) in [5, 5.41) is 0. The van der Waals surface area contributed by atoms with E-state index in [0.29, 0.717) is 23.3 Å². The van der Waals surface area contributed by atoms with E-state index in [2.05, 4.69) is 4.74 Å². The van der Waals surface area contributed by atoms with Crippen molar-refractivity contribution >= 4 is 5.78 Å².